The molecule has 0 fully saturated rings. The van der Waals surface area contributed by atoms with Gasteiger partial charge in [0, 0.05) is 23.6 Å². The number of aliphatic hydroxyl groups is 1. The average molecular weight is 253 g/mol. The normalized spacial score (nSPS) is 12.7. The van der Waals surface area contributed by atoms with Crippen LogP contribution in [-0.2, 0) is 6.42 Å². The Morgan fingerprint density at radius 3 is 2.89 bits per heavy atom. The Balaban J connectivity index is 1.93. The molecule has 0 spiro atoms. The summed E-state index contributed by atoms with van der Waals surface area (Å²) in [6, 6.07) is 11.8. The summed E-state index contributed by atoms with van der Waals surface area (Å²) >= 11 is 0. The van der Waals surface area contributed by atoms with Crippen molar-refractivity contribution in [3.8, 4) is 0 Å². The van der Waals surface area contributed by atoms with Crippen LogP contribution in [0, 0.1) is 6.92 Å². The van der Waals surface area contributed by atoms with E-state index in [2.05, 4.69) is 4.98 Å². The van der Waals surface area contributed by atoms with E-state index < -0.39 is 6.10 Å². The quantitative estimate of drug-likeness (QED) is 0.778. The standard InChI is InChI=1S/C16H15NO2/c1-11-8-13(10-19-11)16(18)9-12-6-7-17-15-5-3-2-4-14(12)15/h2-8,10,16,18H,9H2,1H3. The Morgan fingerprint density at radius 1 is 1.26 bits per heavy atom. The predicted molar refractivity (Wildman–Crippen MR) is 73.9 cm³/mol. The highest BCUT2D eigenvalue weighted by Crippen LogP contribution is 2.24. The van der Waals surface area contributed by atoms with E-state index in [-0.39, 0.29) is 0 Å². The molecule has 1 aromatic carbocycles. The number of aromatic nitrogens is 1. The monoisotopic (exact) mass is 253 g/mol. The molecule has 2 heterocycles. The van der Waals surface area contributed by atoms with Crippen LogP contribution in [0.5, 0.6) is 0 Å². The zero-order valence-corrected chi connectivity index (χ0v) is 10.7. The molecular formula is C16H15NO2. The van der Waals surface area contributed by atoms with Gasteiger partial charge in [0.05, 0.1) is 17.9 Å². The summed E-state index contributed by atoms with van der Waals surface area (Å²) in [5, 5.41) is 11.4. The highest BCUT2D eigenvalue weighted by molar-refractivity contribution is 5.81. The van der Waals surface area contributed by atoms with Gasteiger partial charge in [0.1, 0.15) is 5.76 Å². The molecule has 3 nitrogen and oxygen atoms in total. The van der Waals surface area contributed by atoms with Gasteiger partial charge in [-0.25, -0.2) is 0 Å². The molecule has 2 aromatic heterocycles. The van der Waals surface area contributed by atoms with Gasteiger partial charge in [-0.3, -0.25) is 4.98 Å². The molecule has 3 rings (SSSR count). The number of aryl methyl sites for hydroxylation is 1. The molecule has 0 saturated heterocycles. The highest BCUT2D eigenvalue weighted by Gasteiger charge is 2.12. The molecule has 1 unspecified atom stereocenters. The van der Waals surface area contributed by atoms with Crippen molar-refractivity contribution in [1.29, 1.82) is 0 Å². The number of fused-ring (bicyclic) bond motifs is 1. The second kappa shape index (κ2) is 4.86. The minimum absolute atomic E-state index is 0.553. The first-order valence-electron chi connectivity index (χ1n) is 6.30. The summed E-state index contributed by atoms with van der Waals surface area (Å²) in [6.45, 7) is 1.87. The number of nitrogens with zero attached hydrogens (tertiary/aromatic N) is 1. The number of rotatable bonds is 3. The van der Waals surface area contributed by atoms with E-state index in [9.17, 15) is 5.11 Å². The van der Waals surface area contributed by atoms with Crippen LogP contribution in [-0.4, -0.2) is 10.1 Å². The van der Waals surface area contributed by atoms with E-state index in [1.807, 2.05) is 43.3 Å². The van der Waals surface area contributed by atoms with Crippen molar-refractivity contribution in [3.63, 3.8) is 0 Å². The Bertz CT molecular complexity index is 697. The summed E-state index contributed by atoms with van der Waals surface area (Å²) in [5.74, 6) is 0.814. The first kappa shape index (κ1) is 11.9. The van der Waals surface area contributed by atoms with Crippen molar-refractivity contribution in [3.05, 3.63) is 65.7 Å². The van der Waals surface area contributed by atoms with Gasteiger partial charge in [-0.2, -0.15) is 0 Å². The fourth-order valence-corrected chi connectivity index (χ4v) is 2.30. The Kier molecular flexibility index (Phi) is 3.05. The van der Waals surface area contributed by atoms with E-state index >= 15 is 0 Å². The van der Waals surface area contributed by atoms with Crippen LogP contribution < -0.4 is 0 Å². The minimum atomic E-state index is -0.553. The van der Waals surface area contributed by atoms with E-state index in [1.54, 1.807) is 12.5 Å². The summed E-state index contributed by atoms with van der Waals surface area (Å²) in [4.78, 5) is 4.33. The molecule has 0 aliphatic heterocycles. The van der Waals surface area contributed by atoms with Crippen molar-refractivity contribution >= 4 is 10.9 Å². The number of furan rings is 1. The second-order valence-electron chi connectivity index (χ2n) is 4.70. The molecule has 96 valence electrons. The second-order valence-corrected chi connectivity index (χ2v) is 4.70. The largest absolute Gasteiger partial charge is 0.469 e. The first-order valence-corrected chi connectivity index (χ1v) is 6.30. The van der Waals surface area contributed by atoms with Crippen LogP contribution in [0.3, 0.4) is 0 Å². The Hall–Kier alpha value is -2.13. The molecular weight excluding hydrogens is 238 g/mol. The molecule has 1 atom stereocenters. The zero-order chi connectivity index (χ0) is 13.2. The molecule has 0 aliphatic carbocycles. The number of hydrogen-bond acceptors (Lipinski definition) is 3. The lowest BCUT2D eigenvalue weighted by atomic mass is 10.0. The van der Waals surface area contributed by atoms with Crippen LogP contribution in [0.2, 0.25) is 0 Å². The third kappa shape index (κ3) is 2.37. The highest BCUT2D eigenvalue weighted by atomic mass is 16.3. The fourth-order valence-electron chi connectivity index (χ4n) is 2.30. The molecule has 0 amide bonds. The van der Waals surface area contributed by atoms with Crippen LogP contribution in [0.4, 0.5) is 0 Å². The molecule has 19 heavy (non-hydrogen) atoms. The SMILES string of the molecule is Cc1cc(C(O)Cc2ccnc3ccccc23)co1. The summed E-state index contributed by atoms with van der Waals surface area (Å²) in [5.41, 5.74) is 2.87. The van der Waals surface area contributed by atoms with Gasteiger partial charge < -0.3 is 9.52 Å². The molecule has 0 saturated carbocycles. The Morgan fingerprint density at radius 2 is 2.11 bits per heavy atom. The van der Waals surface area contributed by atoms with Crippen LogP contribution in [0.1, 0.15) is 23.0 Å². The molecule has 0 radical (unpaired) electrons. The van der Waals surface area contributed by atoms with Gasteiger partial charge in [-0.1, -0.05) is 18.2 Å². The van der Waals surface area contributed by atoms with Gasteiger partial charge in [-0.05, 0) is 30.7 Å². The van der Waals surface area contributed by atoms with Gasteiger partial charge in [0.2, 0.25) is 0 Å². The third-order valence-electron chi connectivity index (χ3n) is 3.29. The van der Waals surface area contributed by atoms with Crippen molar-refractivity contribution in [2.75, 3.05) is 0 Å². The zero-order valence-electron chi connectivity index (χ0n) is 10.7. The maximum absolute atomic E-state index is 10.3. The van der Waals surface area contributed by atoms with Crippen LogP contribution in [0.15, 0.2) is 53.3 Å². The van der Waals surface area contributed by atoms with Crippen molar-refractivity contribution in [2.45, 2.75) is 19.4 Å². The fraction of sp³-hybridized carbons (Fsp3) is 0.188. The number of para-hydroxylation sites is 1. The first-order chi connectivity index (χ1) is 9.24. The molecule has 0 bridgehead atoms. The van der Waals surface area contributed by atoms with Gasteiger partial charge >= 0.3 is 0 Å². The van der Waals surface area contributed by atoms with Crippen LogP contribution in [0.25, 0.3) is 10.9 Å². The smallest absolute Gasteiger partial charge is 0.101 e. The number of hydrogen-bond donors (Lipinski definition) is 1. The van der Waals surface area contributed by atoms with Gasteiger partial charge in [0.25, 0.3) is 0 Å². The minimum Gasteiger partial charge on any atom is -0.469 e. The number of aliphatic hydroxyl groups excluding tert-OH is 1. The topological polar surface area (TPSA) is 46.3 Å². The number of benzene rings is 1. The van der Waals surface area contributed by atoms with E-state index in [0.29, 0.717) is 6.42 Å². The van der Waals surface area contributed by atoms with Crippen molar-refractivity contribution in [2.24, 2.45) is 0 Å². The van der Waals surface area contributed by atoms with E-state index in [1.165, 1.54) is 0 Å². The molecule has 1 N–H and O–H groups in total. The molecule has 3 heteroatoms. The third-order valence-corrected chi connectivity index (χ3v) is 3.29. The van der Waals surface area contributed by atoms with Crippen molar-refractivity contribution in [1.82, 2.24) is 4.98 Å². The summed E-state index contributed by atoms with van der Waals surface area (Å²) < 4.78 is 5.24. The lowest BCUT2D eigenvalue weighted by Crippen LogP contribution is -2.01. The number of pyridine rings is 1. The van der Waals surface area contributed by atoms with Crippen LogP contribution >= 0.6 is 0 Å². The average Bonchev–Trinajstić information content (AvgIpc) is 2.86. The van der Waals surface area contributed by atoms with E-state index in [4.69, 9.17) is 4.42 Å². The maximum Gasteiger partial charge on any atom is 0.101 e. The van der Waals surface area contributed by atoms with Gasteiger partial charge in [0.15, 0.2) is 0 Å². The lowest BCUT2D eigenvalue weighted by molar-refractivity contribution is 0.178. The van der Waals surface area contributed by atoms with Crippen molar-refractivity contribution < 1.29 is 9.52 Å². The lowest BCUT2D eigenvalue weighted by Gasteiger charge is -2.10. The summed E-state index contributed by atoms with van der Waals surface area (Å²) in [6.07, 6.45) is 3.40. The Labute approximate surface area is 111 Å². The predicted octanol–water partition coefficient (Wildman–Crippen LogP) is 3.41. The molecule has 3 aromatic rings. The van der Waals surface area contributed by atoms with Gasteiger partial charge in [-0.15, -0.1) is 0 Å². The van der Waals surface area contributed by atoms with E-state index in [0.717, 1.165) is 27.8 Å². The summed E-state index contributed by atoms with van der Waals surface area (Å²) in [7, 11) is 0. The maximum atomic E-state index is 10.3. The molecule has 0 aliphatic rings.